The third-order valence-corrected chi connectivity index (χ3v) is 7.27. The van der Waals surface area contributed by atoms with E-state index in [4.69, 9.17) is 4.74 Å². The van der Waals surface area contributed by atoms with E-state index in [1.807, 2.05) is 31.2 Å². The van der Waals surface area contributed by atoms with Gasteiger partial charge < -0.3 is 15.0 Å². The van der Waals surface area contributed by atoms with Crippen LogP contribution in [0.4, 0.5) is 5.69 Å². The third-order valence-electron chi connectivity index (χ3n) is 5.37. The number of hydrogen-bond donors (Lipinski definition) is 1. The fourth-order valence-corrected chi connectivity index (χ4v) is 4.92. The molecule has 31 heavy (non-hydrogen) atoms. The summed E-state index contributed by atoms with van der Waals surface area (Å²) in [5.74, 6) is 0.613. The van der Waals surface area contributed by atoms with E-state index in [1.165, 1.54) is 15.9 Å². The Morgan fingerprint density at radius 1 is 1.06 bits per heavy atom. The maximum Gasteiger partial charge on any atom is 0.243 e. The number of ether oxygens (including phenoxy) is 1. The third kappa shape index (κ3) is 6.53. The molecule has 0 atom stereocenters. The Kier molecular flexibility index (Phi) is 8.06. The lowest BCUT2D eigenvalue weighted by Gasteiger charge is -2.33. The van der Waals surface area contributed by atoms with E-state index in [2.05, 4.69) is 17.1 Å². The first-order valence-corrected chi connectivity index (χ1v) is 12.1. The van der Waals surface area contributed by atoms with Crippen LogP contribution in [0.2, 0.25) is 0 Å². The van der Waals surface area contributed by atoms with E-state index in [0.29, 0.717) is 38.2 Å². The second-order valence-corrected chi connectivity index (χ2v) is 9.62. The monoisotopic (exact) mass is 445 g/mol. The zero-order valence-electron chi connectivity index (χ0n) is 18.2. The molecule has 1 fully saturated rings. The molecule has 168 valence electrons. The molecule has 0 aromatic heterocycles. The number of piperazine rings is 1. The van der Waals surface area contributed by atoms with Gasteiger partial charge in [-0.3, -0.25) is 4.79 Å². The number of aryl methyl sites for hydroxylation is 1. The van der Waals surface area contributed by atoms with Crippen molar-refractivity contribution in [2.45, 2.75) is 31.6 Å². The summed E-state index contributed by atoms with van der Waals surface area (Å²) in [5, 5.41) is 2.79. The van der Waals surface area contributed by atoms with Gasteiger partial charge in [0.05, 0.1) is 11.5 Å². The predicted octanol–water partition coefficient (Wildman–Crippen LogP) is 3.12. The number of carbonyl (C=O) groups is 1. The Balaban J connectivity index is 1.50. The number of benzene rings is 2. The molecule has 2 aromatic carbocycles. The first kappa shape index (κ1) is 23.2. The highest BCUT2D eigenvalue weighted by Crippen LogP contribution is 2.21. The average molecular weight is 446 g/mol. The molecule has 0 spiro atoms. The van der Waals surface area contributed by atoms with Crippen molar-refractivity contribution in [1.82, 2.24) is 9.21 Å². The van der Waals surface area contributed by atoms with E-state index in [9.17, 15) is 13.2 Å². The van der Waals surface area contributed by atoms with Gasteiger partial charge >= 0.3 is 0 Å². The van der Waals surface area contributed by atoms with Crippen LogP contribution in [0.25, 0.3) is 0 Å². The van der Waals surface area contributed by atoms with Crippen LogP contribution < -0.4 is 10.1 Å². The highest BCUT2D eigenvalue weighted by Gasteiger charge is 2.28. The van der Waals surface area contributed by atoms with Gasteiger partial charge in [-0.2, -0.15) is 4.31 Å². The molecule has 2 aromatic rings. The Hall–Kier alpha value is -2.42. The number of nitrogens with one attached hydrogen (secondary N) is 1. The lowest BCUT2D eigenvalue weighted by Crippen LogP contribution is -2.48. The van der Waals surface area contributed by atoms with Crippen molar-refractivity contribution in [3.8, 4) is 5.75 Å². The van der Waals surface area contributed by atoms with Crippen molar-refractivity contribution in [1.29, 1.82) is 0 Å². The summed E-state index contributed by atoms with van der Waals surface area (Å²) >= 11 is 0. The maximum atomic E-state index is 13.0. The fraction of sp³-hybridized carbons (Fsp3) is 0.435. The number of sulfonamides is 1. The minimum Gasteiger partial charge on any atom is -0.494 e. The maximum absolute atomic E-state index is 13.0. The number of anilines is 1. The van der Waals surface area contributed by atoms with Crippen LogP contribution >= 0.6 is 0 Å². The molecule has 1 heterocycles. The molecule has 1 amide bonds. The SMILES string of the molecule is CCN1CCN(S(=O)(=O)c2cccc(NC(=O)CCCOc3ccc(C)cc3)c2)CC1. The van der Waals surface area contributed by atoms with Crippen LogP contribution in [0.1, 0.15) is 25.3 Å². The molecule has 0 saturated carbocycles. The Bertz CT molecular complexity index is 969. The molecule has 8 heteroatoms. The molecule has 0 bridgehead atoms. The lowest BCUT2D eigenvalue weighted by molar-refractivity contribution is -0.116. The molecule has 0 aliphatic carbocycles. The van der Waals surface area contributed by atoms with Crippen molar-refractivity contribution in [3.05, 3.63) is 54.1 Å². The first-order chi connectivity index (χ1) is 14.9. The van der Waals surface area contributed by atoms with Crippen LogP contribution in [-0.4, -0.2) is 62.9 Å². The zero-order valence-corrected chi connectivity index (χ0v) is 19.0. The molecule has 1 N–H and O–H groups in total. The number of hydrogen-bond acceptors (Lipinski definition) is 5. The Morgan fingerprint density at radius 3 is 2.45 bits per heavy atom. The van der Waals surface area contributed by atoms with Crippen molar-refractivity contribution in [3.63, 3.8) is 0 Å². The Morgan fingerprint density at radius 2 is 1.77 bits per heavy atom. The van der Waals surface area contributed by atoms with E-state index in [-0.39, 0.29) is 10.8 Å². The summed E-state index contributed by atoms with van der Waals surface area (Å²) in [4.78, 5) is 14.7. The van der Waals surface area contributed by atoms with Crippen LogP contribution in [0.3, 0.4) is 0 Å². The summed E-state index contributed by atoms with van der Waals surface area (Å²) in [6.45, 7) is 7.88. The number of rotatable bonds is 9. The summed E-state index contributed by atoms with van der Waals surface area (Å²) in [6.07, 6.45) is 0.862. The van der Waals surface area contributed by atoms with Gasteiger partial charge in [-0.15, -0.1) is 0 Å². The standard InChI is InChI=1S/C23H31N3O4S/c1-3-25-13-15-26(16-14-25)31(28,29)22-7-4-6-20(18-22)24-23(27)8-5-17-30-21-11-9-19(2)10-12-21/h4,6-7,9-12,18H,3,5,8,13-17H2,1-2H3,(H,24,27). The average Bonchev–Trinajstić information content (AvgIpc) is 2.78. The van der Waals surface area contributed by atoms with E-state index in [1.54, 1.807) is 18.2 Å². The summed E-state index contributed by atoms with van der Waals surface area (Å²) in [5.41, 5.74) is 1.65. The highest BCUT2D eigenvalue weighted by atomic mass is 32.2. The molecule has 3 rings (SSSR count). The predicted molar refractivity (Wildman–Crippen MR) is 122 cm³/mol. The van der Waals surface area contributed by atoms with Gasteiger partial charge in [-0.25, -0.2) is 8.42 Å². The number of likely N-dealkylation sites (N-methyl/N-ethyl adjacent to an activating group) is 1. The van der Waals surface area contributed by atoms with Crippen molar-refractivity contribution in [2.75, 3.05) is 44.6 Å². The molecule has 1 aliphatic heterocycles. The molecule has 1 aliphatic rings. The second kappa shape index (κ2) is 10.7. The minimum atomic E-state index is -3.57. The van der Waals surface area contributed by atoms with E-state index < -0.39 is 10.0 Å². The van der Waals surface area contributed by atoms with Gasteiger partial charge in [-0.1, -0.05) is 30.7 Å². The van der Waals surface area contributed by atoms with Gasteiger partial charge in [0, 0.05) is 38.3 Å². The zero-order chi connectivity index (χ0) is 22.3. The van der Waals surface area contributed by atoms with Crippen LogP contribution in [0, 0.1) is 6.92 Å². The molecule has 1 saturated heterocycles. The van der Waals surface area contributed by atoms with Gasteiger partial charge in [-0.05, 0) is 50.2 Å². The smallest absolute Gasteiger partial charge is 0.243 e. The van der Waals surface area contributed by atoms with Gasteiger partial charge in [0.15, 0.2) is 0 Å². The molecular weight excluding hydrogens is 414 g/mol. The van der Waals surface area contributed by atoms with Crippen LogP contribution in [-0.2, 0) is 14.8 Å². The highest BCUT2D eigenvalue weighted by molar-refractivity contribution is 7.89. The van der Waals surface area contributed by atoms with Crippen LogP contribution in [0.5, 0.6) is 5.75 Å². The largest absolute Gasteiger partial charge is 0.494 e. The van der Waals surface area contributed by atoms with Crippen molar-refractivity contribution < 1.29 is 17.9 Å². The second-order valence-electron chi connectivity index (χ2n) is 7.68. The normalized spacial score (nSPS) is 15.5. The topological polar surface area (TPSA) is 79.0 Å². The quantitative estimate of drug-likeness (QED) is 0.600. The molecule has 7 nitrogen and oxygen atoms in total. The number of amides is 1. The minimum absolute atomic E-state index is 0.168. The van der Waals surface area contributed by atoms with Gasteiger partial charge in [0.2, 0.25) is 15.9 Å². The van der Waals surface area contributed by atoms with Crippen LogP contribution in [0.15, 0.2) is 53.4 Å². The fourth-order valence-electron chi connectivity index (χ4n) is 3.45. The Labute approximate surface area is 185 Å². The summed E-state index contributed by atoms with van der Waals surface area (Å²) in [6, 6.07) is 14.2. The first-order valence-electron chi connectivity index (χ1n) is 10.7. The summed E-state index contributed by atoms with van der Waals surface area (Å²) in [7, 11) is -3.57. The molecule has 0 unspecified atom stereocenters. The number of carbonyl (C=O) groups excluding carboxylic acids is 1. The summed E-state index contributed by atoms with van der Waals surface area (Å²) < 4.78 is 33.1. The van der Waals surface area contributed by atoms with Gasteiger partial charge in [0.25, 0.3) is 0 Å². The van der Waals surface area contributed by atoms with E-state index >= 15 is 0 Å². The van der Waals surface area contributed by atoms with Crippen molar-refractivity contribution in [2.24, 2.45) is 0 Å². The molecular formula is C23H31N3O4S. The van der Waals surface area contributed by atoms with Gasteiger partial charge in [0.1, 0.15) is 5.75 Å². The van der Waals surface area contributed by atoms with E-state index in [0.717, 1.165) is 25.4 Å². The van der Waals surface area contributed by atoms with Crippen molar-refractivity contribution >= 4 is 21.6 Å². The molecule has 0 radical (unpaired) electrons. The number of nitrogens with zero attached hydrogens (tertiary/aromatic N) is 2. The lowest BCUT2D eigenvalue weighted by atomic mass is 10.2.